The Morgan fingerprint density at radius 1 is 1.40 bits per heavy atom. The largest absolute Gasteiger partial charge is 0.487 e. The highest BCUT2D eigenvalue weighted by Crippen LogP contribution is 2.20. The summed E-state index contributed by atoms with van der Waals surface area (Å²) in [4.78, 5) is 11.2. The monoisotopic (exact) mass is 274 g/mol. The van der Waals surface area contributed by atoms with Gasteiger partial charge >= 0.3 is 5.97 Å². The minimum Gasteiger partial charge on any atom is -0.487 e. The molecule has 106 valence electrons. The highest BCUT2D eigenvalue weighted by atomic mass is 16.5. The van der Waals surface area contributed by atoms with E-state index in [1.165, 1.54) is 6.20 Å². The summed E-state index contributed by atoms with van der Waals surface area (Å²) in [7, 11) is 0. The maximum absolute atomic E-state index is 11.2. The van der Waals surface area contributed by atoms with E-state index < -0.39 is 5.97 Å². The smallest absolute Gasteiger partial charge is 0.339 e. The molecule has 0 bridgehead atoms. The van der Waals surface area contributed by atoms with E-state index in [0.717, 1.165) is 11.3 Å². The Morgan fingerprint density at radius 3 is 2.70 bits per heavy atom. The average Bonchev–Trinajstić information content (AvgIpc) is 2.82. The van der Waals surface area contributed by atoms with Crippen molar-refractivity contribution in [3.05, 3.63) is 47.3 Å². The van der Waals surface area contributed by atoms with E-state index in [9.17, 15) is 9.90 Å². The molecular weight excluding hydrogens is 256 g/mol. The summed E-state index contributed by atoms with van der Waals surface area (Å²) in [6.07, 6.45) is 1.37. The maximum atomic E-state index is 11.2. The van der Waals surface area contributed by atoms with Gasteiger partial charge in [-0.3, -0.25) is 4.68 Å². The number of aromatic nitrogens is 2. The normalized spacial score (nSPS) is 10.8. The third kappa shape index (κ3) is 2.82. The first-order valence-corrected chi connectivity index (χ1v) is 6.48. The zero-order chi connectivity index (χ0) is 14.7. The Kier molecular flexibility index (Phi) is 4.08. The van der Waals surface area contributed by atoms with Crippen molar-refractivity contribution < 1.29 is 14.6 Å². The first-order valence-electron chi connectivity index (χ1n) is 6.48. The summed E-state index contributed by atoms with van der Waals surface area (Å²) in [5.41, 5.74) is 1.78. The SMILES string of the molecule is Cc1ccccc1OCc1c(C(=O)O)cnn1C(C)C. The molecule has 0 unspecified atom stereocenters. The molecule has 0 saturated carbocycles. The summed E-state index contributed by atoms with van der Waals surface area (Å²) >= 11 is 0. The highest BCUT2D eigenvalue weighted by Gasteiger charge is 2.18. The van der Waals surface area contributed by atoms with Crippen LogP contribution in [0.4, 0.5) is 0 Å². The molecule has 0 aliphatic rings. The molecule has 0 atom stereocenters. The number of rotatable bonds is 5. The third-order valence-electron chi connectivity index (χ3n) is 3.08. The molecule has 0 saturated heterocycles. The van der Waals surface area contributed by atoms with Crippen molar-refractivity contribution in [3.63, 3.8) is 0 Å². The van der Waals surface area contributed by atoms with Crippen LogP contribution in [0, 0.1) is 6.92 Å². The van der Waals surface area contributed by atoms with Crippen molar-refractivity contribution in [2.75, 3.05) is 0 Å². The van der Waals surface area contributed by atoms with Crippen LogP contribution >= 0.6 is 0 Å². The minimum atomic E-state index is -0.986. The number of carboxylic acid groups (broad SMARTS) is 1. The van der Waals surface area contributed by atoms with Crippen LogP contribution in [0.1, 0.15) is 41.5 Å². The van der Waals surface area contributed by atoms with Gasteiger partial charge in [0.05, 0.1) is 11.9 Å². The number of carbonyl (C=O) groups is 1. The summed E-state index contributed by atoms with van der Waals surface area (Å²) in [5, 5.41) is 13.3. The average molecular weight is 274 g/mol. The van der Waals surface area contributed by atoms with Crippen LogP contribution in [0.25, 0.3) is 0 Å². The molecule has 5 nitrogen and oxygen atoms in total. The van der Waals surface area contributed by atoms with Gasteiger partial charge in [-0.05, 0) is 32.4 Å². The van der Waals surface area contributed by atoms with E-state index >= 15 is 0 Å². The number of hydrogen-bond acceptors (Lipinski definition) is 3. The van der Waals surface area contributed by atoms with Gasteiger partial charge in [0.25, 0.3) is 0 Å². The Balaban J connectivity index is 2.26. The van der Waals surface area contributed by atoms with Crippen LogP contribution in [-0.2, 0) is 6.61 Å². The van der Waals surface area contributed by atoms with Crippen molar-refractivity contribution in [2.45, 2.75) is 33.4 Å². The first-order chi connectivity index (χ1) is 9.50. The molecular formula is C15H18N2O3. The molecule has 20 heavy (non-hydrogen) atoms. The number of benzene rings is 1. The molecule has 0 aliphatic heterocycles. The zero-order valence-electron chi connectivity index (χ0n) is 11.8. The van der Waals surface area contributed by atoms with E-state index in [1.807, 2.05) is 45.0 Å². The van der Waals surface area contributed by atoms with Gasteiger partial charge in [-0.2, -0.15) is 5.10 Å². The quantitative estimate of drug-likeness (QED) is 0.910. The molecule has 2 aromatic rings. The standard InChI is InChI=1S/C15H18N2O3/c1-10(2)17-13(12(8-16-17)15(18)19)9-20-14-7-5-4-6-11(14)3/h4-8,10H,9H2,1-3H3,(H,18,19). The van der Waals surface area contributed by atoms with Crippen LogP contribution in [0.5, 0.6) is 5.75 Å². The van der Waals surface area contributed by atoms with E-state index in [-0.39, 0.29) is 18.2 Å². The fourth-order valence-electron chi connectivity index (χ4n) is 2.02. The Labute approximate surface area is 117 Å². The lowest BCUT2D eigenvalue weighted by Crippen LogP contribution is -2.13. The topological polar surface area (TPSA) is 64.3 Å². The maximum Gasteiger partial charge on any atom is 0.339 e. The Bertz CT molecular complexity index is 617. The predicted octanol–water partition coefficient (Wildman–Crippen LogP) is 3.05. The molecule has 0 fully saturated rings. The van der Waals surface area contributed by atoms with Crippen molar-refractivity contribution in [3.8, 4) is 5.75 Å². The van der Waals surface area contributed by atoms with Crippen LogP contribution in [0.2, 0.25) is 0 Å². The molecule has 0 radical (unpaired) electrons. The number of aryl methyl sites for hydroxylation is 1. The Hall–Kier alpha value is -2.30. The number of aromatic carboxylic acids is 1. The summed E-state index contributed by atoms with van der Waals surface area (Å²) in [5.74, 6) is -0.236. The van der Waals surface area contributed by atoms with Gasteiger partial charge < -0.3 is 9.84 Å². The van der Waals surface area contributed by atoms with Crippen molar-refractivity contribution in [2.24, 2.45) is 0 Å². The second-order valence-electron chi connectivity index (χ2n) is 4.90. The number of hydrogen-bond donors (Lipinski definition) is 1. The molecule has 0 amide bonds. The minimum absolute atomic E-state index is 0.0820. The number of carboxylic acids is 1. The molecule has 1 aromatic carbocycles. The fraction of sp³-hybridized carbons (Fsp3) is 0.333. The molecule has 0 spiro atoms. The van der Waals surface area contributed by atoms with Gasteiger partial charge in [0.15, 0.2) is 0 Å². The van der Waals surface area contributed by atoms with Crippen molar-refractivity contribution in [1.29, 1.82) is 0 Å². The molecule has 2 rings (SSSR count). The molecule has 1 aromatic heterocycles. The van der Waals surface area contributed by atoms with Gasteiger partial charge in [-0.1, -0.05) is 18.2 Å². The number of ether oxygens (including phenoxy) is 1. The van der Waals surface area contributed by atoms with Crippen LogP contribution in [0.15, 0.2) is 30.5 Å². The Morgan fingerprint density at radius 2 is 2.10 bits per heavy atom. The van der Waals surface area contributed by atoms with E-state index in [0.29, 0.717) is 5.69 Å². The number of nitrogens with zero attached hydrogens (tertiary/aromatic N) is 2. The van der Waals surface area contributed by atoms with Gasteiger partial charge in [0.1, 0.15) is 17.9 Å². The first kappa shape index (κ1) is 14.1. The summed E-state index contributed by atoms with van der Waals surface area (Å²) in [6.45, 7) is 6.05. The number of para-hydroxylation sites is 1. The second kappa shape index (κ2) is 5.77. The molecule has 0 aliphatic carbocycles. The lowest BCUT2D eigenvalue weighted by Gasteiger charge is -2.14. The third-order valence-corrected chi connectivity index (χ3v) is 3.08. The molecule has 1 N–H and O–H groups in total. The highest BCUT2D eigenvalue weighted by molar-refractivity contribution is 5.88. The van der Waals surface area contributed by atoms with Crippen LogP contribution < -0.4 is 4.74 Å². The summed E-state index contributed by atoms with van der Waals surface area (Å²) in [6, 6.07) is 7.72. The van der Waals surface area contributed by atoms with E-state index in [2.05, 4.69) is 5.10 Å². The van der Waals surface area contributed by atoms with Gasteiger partial charge in [-0.15, -0.1) is 0 Å². The fourth-order valence-corrected chi connectivity index (χ4v) is 2.02. The lowest BCUT2D eigenvalue weighted by molar-refractivity contribution is 0.0693. The second-order valence-corrected chi connectivity index (χ2v) is 4.90. The van der Waals surface area contributed by atoms with Gasteiger partial charge in [-0.25, -0.2) is 4.79 Å². The van der Waals surface area contributed by atoms with Gasteiger partial charge in [0, 0.05) is 6.04 Å². The van der Waals surface area contributed by atoms with E-state index in [1.54, 1.807) is 4.68 Å². The lowest BCUT2D eigenvalue weighted by atomic mass is 10.2. The van der Waals surface area contributed by atoms with Crippen LogP contribution in [-0.4, -0.2) is 20.9 Å². The zero-order valence-corrected chi connectivity index (χ0v) is 11.8. The molecule has 5 heteroatoms. The molecule has 1 heterocycles. The van der Waals surface area contributed by atoms with Crippen LogP contribution in [0.3, 0.4) is 0 Å². The van der Waals surface area contributed by atoms with Crippen molar-refractivity contribution >= 4 is 5.97 Å². The van der Waals surface area contributed by atoms with Crippen molar-refractivity contribution in [1.82, 2.24) is 9.78 Å². The van der Waals surface area contributed by atoms with E-state index in [4.69, 9.17) is 4.74 Å². The summed E-state index contributed by atoms with van der Waals surface area (Å²) < 4.78 is 7.42. The predicted molar refractivity (Wildman–Crippen MR) is 75.1 cm³/mol. The van der Waals surface area contributed by atoms with Gasteiger partial charge in [0.2, 0.25) is 0 Å².